The van der Waals surface area contributed by atoms with Gasteiger partial charge >= 0.3 is 0 Å². The van der Waals surface area contributed by atoms with Crippen LogP contribution < -0.4 is 4.74 Å². The fourth-order valence-electron chi connectivity index (χ4n) is 3.80. The largest absolute Gasteiger partial charge is 0.497 e. The van der Waals surface area contributed by atoms with Crippen LogP contribution in [0.5, 0.6) is 5.75 Å². The normalized spacial score (nSPS) is 16.4. The lowest BCUT2D eigenvalue weighted by Crippen LogP contribution is -2.40. The molecule has 2 aromatic heterocycles. The molecule has 1 aliphatic rings. The van der Waals surface area contributed by atoms with Crippen LogP contribution in [0.3, 0.4) is 0 Å². The molecule has 0 N–H and O–H groups in total. The topological polar surface area (TPSA) is 81.4 Å². The van der Waals surface area contributed by atoms with E-state index in [-0.39, 0.29) is 11.7 Å². The predicted octanol–water partition coefficient (Wildman–Crippen LogP) is 4.85. The third-order valence-corrected chi connectivity index (χ3v) is 7.50. The van der Waals surface area contributed by atoms with E-state index in [4.69, 9.17) is 14.1 Å². The molecule has 7 nitrogen and oxygen atoms in total. The highest BCUT2D eigenvalue weighted by atomic mass is 32.2. The number of rotatable bonds is 6. The summed E-state index contributed by atoms with van der Waals surface area (Å²) in [5, 5.41) is 9.68. The molecule has 0 saturated carbocycles. The molecule has 5 rings (SSSR count). The predicted molar refractivity (Wildman–Crippen MR) is 125 cm³/mol. The number of ether oxygens (including phenoxy) is 1. The Morgan fingerprint density at radius 3 is 2.88 bits per heavy atom. The van der Waals surface area contributed by atoms with Crippen molar-refractivity contribution in [2.45, 2.75) is 24.0 Å². The summed E-state index contributed by atoms with van der Waals surface area (Å²) < 4.78 is 12.1. The molecule has 2 aromatic carbocycles. The molecule has 0 unspecified atom stereocenters. The Morgan fingerprint density at radius 1 is 1.22 bits per heavy atom. The van der Waals surface area contributed by atoms with Gasteiger partial charge in [-0.1, -0.05) is 23.9 Å². The number of thioether (sulfide) groups is 1. The zero-order valence-electron chi connectivity index (χ0n) is 17.6. The van der Waals surface area contributed by atoms with Crippen molar-refractivity contribution in [2.75, 3.05) is 26.0 Å². The SMILES string of the molecule is COc1ccc(-c2nnc(SCC(=O)N3CCC[C@H](c4nc5ccccc5s4)C3)o2)cc1. The zero-order chi connectivity index (χ0) is 21.9. The van der Waals surface area contributed by atoms with Gasteiger partial charge in [0.15, 0.2) is 0 Å². The number of carbonyl (C=O) groups is 1. The second-order valence-corrected chi connectivity index (χ2v) is 9.58. The molecule has 1 amide bonds. The minimum Gasteiger partial charge on any atom is -0.497 e. The fourth-order valence-corrected chi connectivity index (χ4v) is 5.56. The second kappa shape index (κ2) is 9.30. The van der Waals surface area contributed by atoms with E-state index in [1.807, 2.05) is 47.4 Å². The first-order chi connectivity index (χ1) is 15.7. The smallest absolute Gasteiger partial charge is 0.277 e. The van der Waals surface area contributed by atoms with Gasteiger partial charge in [0.1, 0.15) is 5.75 Å². The minimum absolute atomic E-state index is 0.0880. The molecule has 4 aromatic rings. The number of likely N-dealkylation sites (tertiary alicyclic amines) is 1. The molecule has 1 atom stereocenters. The highest BCUT2D eigenvalue weighted by Crippen LogP contribution is 2.33. The molecule has 0 radical (unpaired) electrons. The summed E-state index contributed by atoms with van der Waals surface area (Å²) in [4.78, 5) is 19.6. The number of amides is 1. The second-order valence-electron chi connectivity index (χ2n) is 7.59. The van der Waals surface area contributed by atoms with Gasteiger partial charge in [0, 0.05) is 24.6 Å². The number of methoxy groups -OCH3 is 1. The first kappa shape index (κ1) is 21.0. The highest BCUT2D eigenvalue weighted by Gasteiger charge is 2.27. The van der Waals surface area contributed by atoms with E-state index in [0.717, 1.165) is 41.2 Å². The summed E-state index contributed by atoms with van der Waals surface area (Å²) in [5.41, 5.74) is 1.85. The molecule has 3 heterocycles. The van der Waals surface area contributed by atoms with Crippen molar-refractivity contribution in [1.82, 2.24) is 20.1 Å². The van der Waals surface area contributed by atoms with Gasteiger partial charge < -0.3 is 14.1 Å². The van der Waals surface area contributed by atoms with Crippen LogP contribution in [0.25, 0.3) is 21.7 Å². The summed E-state index contributed by atoms with van der Waals surface area (Å²) >= 11 is 3.01. The standard InChI is InChI=1S/C23H22N4O3S2/c1-29-17-10-8-15(9-11-17)21-25-26-23(30-21)31-14-20(28)27-12-4-5-16(13-27)22-24-18-6-2-3-7-19(18)32-22/h2-3,6-11,16H,4-5,12-14H2,1H3/t16-/m0/s1. The number of fused-ring (bicyclic) bond motifs is 1. The van der Waals surface area contributed by atoms with E-state index in [1.165, 1.54) is 16.5 Å². The van der Waals surface area contributed by atoms with Crippen molar-refractivity contribution >= 4 is 39.2 Å². The van der Waals surface area contributed by atoms with Crippen molar-refractivity contribution in [3.05, 3.63) is 53.5 Å². The van der Waals surface area contributed by atoms with Crippen molar-refractivity contribution in [2.24, 2.45) is 0 Å². The molecule has 9 heteroatoms. The van der Waals surface area contributed by atoms with Gasteiger partial charge in [-0.15, -0.1) is 21.5 Å². The number of benzene rings is 2. The summed E-state index contributed by atoms with van der Waals surface area (Å²) in [5.74, 6) is 1.84. The maximum atomic E-state index is 12.9. The van der Waals surface area contributed by atoms with Crippen LogP contribution in [0.15, 0.2) is 58.2 Å². The van der Waals surface area contributed by atoms with Gasteiger partial charge in [-0.25, -0.2) is 4.98 Å². The van der Waals surface area contributed by atoms with Gasteiger partial charge in [0.05, 0.1) is 28.1 Å². The molecule has 1 fully saturated rings. The maximum absolute atomic E-state index is 12.9. The molecule has 0 aliphatic carbocycles. The Kier molecular flexibility index (Phi) is 6.09. The number of piperidine rings is 1. The summed E-state index contributed by atoms with van der Waals surface area (Å²) in [7, 11) is 1.62. The third-order valence-electron chi connectivity index (χ3n) is 5.50. The van der Waals surface area contributed by atoms with E-state index < -0.39 is 0 Å². The molecular formula is C23H22N4O3S2. The first-order valence-corrected chi connectivity index (χ1v) is 12.2. The van der Waals surface area contributed by atoms with Crippen molar-refractivity contribution in [1.29, 1.82) is 0 Å². The molecule has 0 spiro atoms. The van der Waals surface area contributed by atoms with E-state index in [1.54, 1.807) is 18.4 Å². The van der Waals surface area contributed by atoms with Crippen LogP contribution in [-0.2, 0) is 4.79 Å². The average molecular weight is 467 g/mol. The van der Waals surface area contributed by atoms with E-state index >= 15 is 0 Å². The summed E-state index contributed by atoms with van der Waals surface area (Å²) in [6.45, 7) is 1.49. The lowest BCUT2D eigenvalue weighted by Gasteiger charge is -2.31. The Bertz CT molecular complexity index is 1190. The lowest BCUT2D eigenvalue weighted by atomic mass is 9.99. The number of nitrogens with zero attached hydrogens (tertiary/aromatic N) is 4. The van der Waals surface area contributed by atoms with Crippen molar-refractivity contribution in [3.63, 3.8) is 0 Å². The molecule has 1 saturated heterocycles. The Morgan fingerprint density at radius 2 is 2.06 bits per heavy atom. The van der Waals surface area contributed by atoms with Crippen LogP contribution in [0.2, 0.25) is 0 Å². The molecule has 32 heavy (non-hydrogen) atoms. The zero-order valence-corrected chi connectivity index (χ0v) is 19.2. The number of para-hydroxylation sites is 1. The highest BCUT2D eigenvalue weighted by molar-refractivity contribution is 7.99. The van der Waals surface area contributed by atoms with Gasteiger partial charge in [-0.2, -0.15) is 0 Å². The molecule has 164 valence electrons. The van der Waals surface area contributed by atoms with Gasteiger partial charge in [0.2, 0.25) is 11.8 Å². The molecule has 0 bridgehead atoms. The summed E-state index contributed by atoms with van der Waals surface area (Å²) in [6.07, 6.45) is 2.05. The van der Waals surface area contributed by atoms with Gasteiger partial charge in [0.25, 0.3) is 5.22 Å². The number of hydrogen-bond acceptors (Lipinski definition) is 8. The lowest BCUT2D eigenvalue weighted by molar-refractivity contribution is -0.129. The quantitative estimate of drug-likeness (QED) is 0.376. The van der Waals surface area contributed by atoms with E-state index in [2.05, 4.69) is 16.3 Å². The average Bonchev–Trinajstić information content (AvgIpc) is 3.50. The minimum atomic E-state index is 0.0880. The third kappa shape index (κ3) is 4.49. The van der Waals surface area contributed by atoms with Gasteiger partial charge in [-0.05, 0) is 49.2 Å². The molecular weight excluding hydrogens is 444 g/mol. The van der Waals surface area contributed by atoms with Crippen LogP contribution >= 0.6 is 23.1 Å². The van der Waals surface area contributed by atoms with E-state index in [0.29, 0.717) is 23.6 Å². The van der Waals surface area contributed by atoms with Crippen LogP contribution in [0.1, 0.15) is 23.8 Å². The fraction of sp³-hybridized carbons (Fsp3) is 0.304. The number of hydrogen-bond donors (Lipinski definition) is 0. The Hall–Kier alpha value is -2.91. The first-order valence-electron chi connectivity index (χ1n) is 10.4. The Labute approximate surface area is 193 Å². The maximum Gasteiger partial charge on any atom is 0.277 e. The van der Waals surface area contributed by atoms with Crippen molar-refractivity contribution in [3.8, 4) is 17.2 Å². The summed E-state index contributed by atoms with van der Waals surface area (Å²) in [6, 6.07) is 15.6. The van der Waals surface area contributed by atoms with Crippen molar-refractivity contribution < 1.29 is 13.9 Å². The van der Waals surface area contributed by atoms with Crippen LogP contribution in [0.4, 0.5) is 0 Å². The number of thiazole rings is 1. The number of carbonyl (C=O) groups excluding carboxylic acids is 1. The Balaban J connectivity index is 1.19. The molecule has 1 aliphatic heterocycles. The van der Waals surface area contributed by atoms with Crippen LogP contribution in [0, 0.1) is 0 Å². The van der Waals surface area contributed by atoms with Gasteiger partial charge in [-0.3, -0.25) is 4.79 Å². The number of aromatic nitrogens is 3. The van der Waals surface area contributed by atoms with Crippen LogP contribution in [-0.4, -0.2) is 51.9 Å². The monoisotopic (exact) mass is 466 g/mol. The van der Waals surface area contributed by atoms with E-state index in [9.17, 15) is 4.79 Å².